The number of benzene rings is 2. The molecule has 0 aromatic heterocycles. The fraction of sp³-hybridized carbons (Fsp3) is 0.381. The Kier molecular flexibility index (Phi) is 6.33. The predicted octanol–water partition coefficient (Wildman–Crippen LogP) is 6.45. The van der Waals surface area contributed by atoms with Crippen LogP contribution in [0.2, 0.25) is 5.02 Å². The van der Waals surface area contributed by atoms with E-state index in [-0.39, 0.29) is 0 Å². The first-order valence-electron chi connectivity index (χ1n) is 8.83. The van der Waals surface area contributed by atoms with Gasteiger partial charge in [-0.25, -0.2) is 0 Å². The van der Waals surface area contributed by atoms with Crippen LogP contribution in [0.4, 0.5) is 5.69 Å². The normalized spacial score (nSPS) is 20.1. The van der Waals surface area contributed by atoms with Gasteiger partial charge in [0.15, 0.2) is 0 Å². The van der Waals surface area contributed by atoms with Crippen molar-refractivity contribution in [2.75, 3.05) is 12.4 Å². The van der Waals surface area contributed by atoms with Gasteiger partial charge in [-0.1, -0.05) is 36.0 Å². The van der Waals surface area contributed by atoms with Crippen LogP contribution >= 0.6 is 23.8 Å². The van der Waals surface area contributed by atoms with Gasteiger partial charge in [0, 0.05) is 17.1 Å². The number of ether oxygens (including phenoxy) is 1. The smallest absolute Gasteiger partial charge is 0.118 e. The number of hydrogen-bond donors (Lipinski definition) is 1. The molecule has 25 heavy (non-hydrogen) atoms. The first-order chi connectivity index (χ1) is 12.1. The van der Waals surface area contributed by atoms with Crippen molar-refractivity contribution in [3.8, 4) is 5.75 Å². The van der Waals surface area contributed by atoms with Crippen LogP contribution in [-0.2, 0) is 0 Å². The molecular weight excluding hydrogens is 350 g/mol. The number of hydrogen-bond acceptors (Lipinski definition) is 2. The molecule has 1 N–H and O–H groups in total. The standard InChI is InChI=1S/C21H24ClNOS/c1-24-20-12-6-17(7-13-20)16-4-2-15(3-5-16)14-21(25)23-19-10-8-18(22)9-11-19/h6-13,15-16H,2-5,14H2,1H3,(H,23,25). The first-order valence-corrected chi connectivity index (χ1v) is 9.62. The third-order valence-electron chi connectivity index (χ3n) is 5.04. The van der Waals surface area contributed by atoms with E-state index in [0.717, 1.165) is 27.9 Å². The minimum atomic E-state index is 0.667. The molecule has 0 unspecified atom stereocenters. The summed E-state index contributed by atoms with van der Waals surface area (Å²) in [5.41, 5.74) is 2.45. The zero-order chi connectivity index (χ0) is 17.6. The third kappa shape index (κ3) is 5.20. The number of thiocarbonyl (C=S) groups is 1. The van der Waals surface area contributed by atoms with E-state index in [2.05, 4.69) is 29.6 Å². The van der Waals surface area contributed by atoms with Crippen molar-refractivity contribution in [2.45, 2.75) is 38.0 Å². The summed E-state index contributed by atoms with van der Waals surface area (Å²) in [6, 6.07) is 16.2. The summed E-state index contributed by atoms with van der Waals surface area (Å²) < 4.78 is 5.24. The number of anilines is 1. The lowest BCUT2D eigenvalue weighted by Crippen LogP contribution is -2.19. The Bertz CT molecular complexity index is 691. The molecule has 0 amide bonds. The number of rotatable bonds is 5. The summed E-state index contributed by atoms with van der Waals surface area (Å²) in [5.74, 6) is 2.28. The monoisotopic (exact) mass is 373 g/mol. The quantitative estimate of drug-likeness (QED) is 0.608. The predicted molar refractivity (Wildman–Crippen MR) is 110 cm³/mol. The Morgan fingerprint density at radius 1 is 1.04 bits per heavy atom. The topological polar surface area (TPSA) is 21.3 Å². The summed E-state index contributed by atoms with van der Waals surface area (Å²) in [6.45, 7) is 0. The average molecular weight is 374 g/mol. The van der Waals surface area contributed by atoms with Crippen LogP contribution in [0.1, 0.15) is 43.6 Å². The molecule has 1 saturated carbocycles. The maximum atomic E-state index is 5.92. The van der Waals surface area contributed by atoms with E-state index >= 15 is 0 Å². The highest BCUT2D eigenvalue weighted by Crippen LogP contribution is 2.37. The Hall–Kier alpha value is -1.58. The Morgan fingerprint density at radius 3 is 2.28 bits per heavy atom. The molecule has 1 aliphatic carbocycles. The zero-order valence-electron chi connectivity index (χ0n) is 14.5. The Labute approximate surface area is 160 Å². The average Bonchev–Trinajstić information content (AvgIpc) is 2.64. The van der Waals surface area contributed by atoms with Gasteiger partial charge in [0.1, 0.15) is 5.75 Å². The van der Waals surface area contributed by atoms with E-state index in [1.807, 2.05) is 24.3 Å². The zero-order valence-corrected chi connectivity index (χ0v) is 16.1. The lowest BCUT2D eigenvalue weighted by atomic mass is 9.77. The second kappa shape index (κ2) is 8.68. The highest BCUT2D eigenvalue weighted by atomic mass is 35.5. The maximum absolute atomic E-state index is 5.92. The van der Waals surface area contributed by atoms with Gasteiger partial charge in [0.05, 0.1) is 12.1 Å². The van der Waals surface area contributed by atoms with Gasteiger partial charge in [0.25, 0.3) is 0 Å². The molecule has 1 aliphatic rings. The molecule has 1 fully saturated rings. The van der Waals surface area contributed by atoms with Crippen LogP contribution in [0.5, 0.6) is 5.75 Å². The van der Waals surface area contributed by atoms with Crippen LogP contribution in [0.3, 0.4) is 0 Å². The lowest BCUT2D eigenvalue weighted by molar-refractivity contribution is 0.334. The number of nitrogens with one attached hydrogen (secondary N) is 1. The van der Waals surface area contributed by atoms with Gasteiger partial charge in [-0.2, -0.15) is 0 Å². The second-order valence-electron chi connectivity index (χ2n) is 6.75. The highest BCUT2D eigenvalue weighted by Gasteiger charge is 2.23. The molecule has 4 heteroatoms. The molecule has 0 bridgehead atoms. The van der Waals surface area contributed by atoms with Crippen LogP contribution in [-0.4, -0.2) is 12.1 Å². The maximum Gasteiger partial charge on any atom is 0.118 e. The molecule has 0 saturated heterocycles. The number of methoxy groups -OCH3 is 1. The van der Waals surface area contributed by atoms with E-state index in [4.69, 9.17) is 28.6 Å². The summed E-state index contributed by atoms with van der Waals surface area (Å²) in [4.78, 5) is 0.926. The fourth-order valence-corrected chi connectivity index (χ4v) is 4.06. The van der Waals surface area contributed by atoms with Gasteiger partial charge in [-0.15, -0.1) is 0 Å². The second-order valence-corrected chi connectivity index (χ2v) is 7.68. The van der Waals surface area contributed by atoms with E-state index in [9.17, 15) is 0 Å². The molecule has 0 atom stereocenters. The summed E-state index contributed by atoms with van der Waals surface area (Å²) >= 11 is 11.5. The van der Waals surface area contributed by atoms with Gasteiger partial charge in [-0.05, 0) is 79.5 Å². The molecule has 132 valence electrons. The van der Waals surface area contributed by atoms with Gasteiger partial charge in [-0.3, -0.25) is 0 Å². The largest absolute Gasteiger partial charge is 0.497 e. The van der Waals surface area contributed by atoms with Crippen molar-refractivity contribution in [3.05, 3.63) is 59.1 Å². The van der Waals surface area contributed by atoms with Crippen LogP contribution < -0.4 is 10.1 Å². The van der Waals surface area contributed by atoms with E-state index in [1.54, 1.807) is 7.11 Å². The molecule has 2 aromatic rings. The van der Waals surface area contributed by atoms with Gasteiger partial charge < -0.3 is 10.1 Å². The fourth-order valence-electron chi connectivity index (χ4n) is 3.58. The van der Waals surface area contributed by atoms with Crippen molar-refractivity contribution >= 4 is 34.5 Å². The molecule has 0 aliphatic heterocycles. The molecule has 2 aromatic carbocycles. The van der Waals surface area contributed by atoms with Gasteiger partial charge >= 0.3 is 0 Å². The van der Waals surface area contributed by atoms with Crippen molar-refractivity contribution in [1.29, 1.82) is 0 Å². The molecule has 3 rings (SSSR count). The van der Waals surface area contributed by atoms with Crippen LogP contribution in [0.15, 0.2) is 48.5 Å². The first kappa shape index (κ1) is 18.2. The van der Waals surface area contributed by atoms with Crippen molar-refractivity contribution in [2.24, 2.45) is 5.92 Å². The molecule has 2 nitrogen and oxygen atoms in total. The van der Waals surface area contributed by atoms with Gasteiger partial charge in [0.2, 0.25) is 0 Å². The summed E-state index contributed by atoms with van der Waals surface area (Å²) in [7, 11) is 1.71. The molecule has 0 spiro atoms. The molecular formula is C21H24ClNOS. The lowest BCUT2D eigenvalue weighted by Gasteiger charge is -2.29. The van der Waals surface area contributed by atoms with E-state index < -0.39 is 0 Å². The SMILES string of the molecule is COc1ccc(C2CCC(CC(=S)Nc3ccc(Cl)cc3)CC2)cc1. The van der Waals surface area contributed by atoms with E-state index in [1.165, 1.54) is 31.2 Å². The molecule has 0 heterocycles. The Morgan fingerprint density at radius 2 is 1.68 bits per heavy atom. The van der Waals surface area contributed by atoms with Crippen molar-refractivity contribution < 1.29 is 4.74 Å². The minimum Gasteiger partial charge on any atom is -0.497 e. The van der Waals surface area contributed by atoms with E-state index in [0.29, 0.717) is 11.8 Å². The summed E-state index contributed by atoms with van der Waals surface area (Å²) in [5, 5.41) is 4.07. The van der Waals surface area contributed by atoms with Crippen molar-refractivity contribution in [1.82, 2.24) is 0 Å². The number of halogens is 1. The van der Waals surface area contributed by atoms with Crippen LogP contribution in [0, 0.1) is 5.92 Å². The van der Waals surface area contributed by atoms with Crippen LogP contribution in [0.25, 0.3) is 0 Å². The minimum absolute atomic E-state index is 0.667. The van der Waals surface area contributed by atoms with Crippen molar-refractivity contribution in [3.63, 3.8) is 0 Å². The highest BCUT2D eigenvalue weighted by molar-refractivity contribution is 7.80. The Balaban J connectivity index is 1.46. The summed E-state index contributed by atoms with van der Waals surface area (Å²) in [6.07, 6.45) is 5.91. The molecule has 0 radical (unpaired) electrons. The third-order valence-corrected chi connectivity index (χ3v) is 5.56.